The minimum atomic E-state index is -0.0819. The summed E-state index contributed by atoms with van der Waals surface area (Å²) < 4.78 is 8.57. The highest BCUT2D eigenvalue weighted by molar-refractivity contribution is 5.16. The average Bonchev–Trinajstić information content (AvgIpc) is 3.21. The molecule has 1 aliphatic heterocycles. The highest BCUT2D eigenvalue weighted by atomic mass is 16.5. The van der Waals surface area contributed by atoms with Gasteiger partial charge in [-0.1, -0.05) is 5.16 Å². The standard InChI is InChI=1S/C19H23N7O2/c27-19-4-3-18(26-13-20-12-21-26)22-25(19)10-14-5-7-24(8-6-14)11-16-9-17(28-23-16)15-1-2-15/h3-4,9,12-15H,1-2,5-8,10-11H2. The summed E-state index contributed by atoms with van der Waals surface area (Å²) in [5.41, 5.74) is 0.945. The Morgan fingerprint density at radius 2 is 2.00 bits per heavy atom. The molecular formula is C19H23N7O2. The lowest BCUT2D eigenvalue weighted by Crippen LogP contribution is -2.36. The molecule has 5 rings (SSSR count). The van der Waals surface area contributed by atoms with E-state index in [-0.39, 0.29) is 5.56 Å². The first-order valence-electron chi connectivity index (χ1n) is 9.85. The Kier molecular flexibility index (Phi) is 4.52. The third-order valence-electron chi connectivity index (χ3n) is 5.59. The van der Waals surface area contributed by atoms with Gasteiger partial charge in [-0.3, -0.25) is 9.69 Å². The van der Waals surface area contributed by atoms with E-state index in [4.69, 9.17) is 4.52 Å². The summed E-state index contributed by atoms with van der Waals surface area (Å²) in [6.45, 7) is 3.45. The first-order chi connectivity index (χ1) is 13.7. The van der Waals surface area contributed by atoms with Crippen LogP contribution in [0.1, 0.15) is 43.1 Å². The average molecular weight is 381 g/mol. The molecule has 2 fully saturated rings. The van der Waals surface area contributed by atoms with Gasteiger partial charge in [0.1, 0.15) is 18.4 Å². The molecule has 0 bridgehead atoms. The summed E-state index contributed by atoms with van der Waals surface area (Å²) in [4.78, 5) is 18.5. The third kappa shape index (κ3) is 3.75. The fraction of sp³-hybridized carbons (Fsp3) is 0.526. The Balaban J connectivity index is 1.18. The van der Waals surface area contributed by atoms with E-state index in [2.05, 4.69) is 31.3 Å². The Hall–Kier alpha value is -2.81. The largest absolute Gasteiger partial charge is 0.361 e. The van der Waals surface area contributed by atoms with Crippen LogP contribution < -0.4 is 5.56 Å². The van der Waals surface area contributed by atoms with E-state index in [0.717, 1.165) is 43.9 Å². The number of aromatic nitrogens is 6. The van der Waals surface area contributed by atoms with Gasteiger partial charge in [0.2, 0.25) is 0 Å². The molecule has 146 valence electrons. The minimum absolute atomic E-state index is 0.0819. The van der Waals surface area contributed by atoms with Crippen molar-refractivity contribution >= 4 is 0 Å². The molecule has 1 aliphatic carbocycles. The van der Waals surface area contributed by atoms with Crippen molar-refractivity contribution in [3.8, 4) is 5.82 Å². The maximum atomic E-state index is 12.2. The summed E-state index contributed by atoms with van der Waals surface area (Å²) in [5.74, 6) is 2.69. The van der Waals surface area contributed by atoms with Crippen molar-refractivity contribution in [3.63, 3.8) is 0 Å². The van der Waals surface area contributed by atoms with Gasteiger partial charge in [-0.25, -0.2) is 14.3 Å². The van der Waals surface area contributed by atoms with Crippen LogP contribution in [-0.4, -0.2) is 47.7 Å². The first-order valence-corrected chi connectivity index (χ1v) is 9.85. The van der Waals surface area contributed by atoms with E-state index < -0.39 is 0 Å². The summed E-state index contributed by atoms with van der Waals surface area (Å²) in [7, 11) is 0. The molecule has 28 heavy (non-hydrogen) atoms. The molecule has 2 aliphatic rings. The van der Waals surface area contributed by atoms with Crippen molar-refractivity contribution in [1.82, 2.24) is 34.6 Å². The Morgan fingerprint density at radius 3 is 2.75 bits per heavy atom. The number of hydrogen-bond acceptors (Lipinski definition) is 7. The molecule has 1 saturated carbocycles. The molecular weight excluding hydrogens is 358 g/mol. The molecule has 0 radical (unpaired) electrons. The summed E-state index contributed by atoms with van der Waals surface area (Å²) >= 11 is 0. The van der Waals surface area contributed by atoms with Gasteiger partial charge in [0, 0.05) is 31.1 Å². The van der Waals surface area contributed by atoms with E-state index in [1.807, 2.05) is 0 Å². The molecule has 1 saturated heterocycles. The van der Waals surface area contributed by atoms with Crippen LogP contribution >= 0.6 is 0 Å². The van der Waals surface area contributed by atoms with Gasteiger partial charge >= 0.3 is 0 Å². The lowest BCUT2D eigenvalue weighted by atomic mass is 9.96. The van der Waals surface area contributed by atoms with Crippen LogP contribution in [0, 0.1) is 5.92 Å². The molecule has 0 unspecified atom stereocenters. The number of hydrogen-bond donors (Lipinski definition) is 0. The molecule has 3 aromatic rings. The molecule has 9 heteroatoms. The summed E-state index contributed by atoms with van der Waals surface area (Å²) in [6, 6.07) is 5.33. The molecule has 0 aromatic carbocycles. The number of piperidine rings is 1. The Labute approximate surface area is 162 Å². The lowest BCUT2D eigenvalue weighted by molar-refractivity contribution is 0.160. The van der Waals surface area contributed by atoms with Crippen LogP contribution in [-0.2, 0) is 13.1 Å². The second-order valence-corrected chi connectivity index (χ2v) is 7.77. The maximum absolute atomic E-state index is 12.2. The predicted molar refractivity (Wildman–Crippen MR) is 99.9 cm³/mol. The molecule has 0 amide bonds. The molecule has 3 aromatic heterocycles. The second-order valence-electron chi connectivity index (χ2n) is 7.77. The quantitative estimate of drug-likeness (QED) is 0.640. The Morgan fingerprint density at radius 1 is 1.14 bits per heavy atom. The van der Waals surface area contributed by atoms with Crippen LogP contribution in [0.2, 0.25) is 0 Å². The monoisotopic (exact) mass is 381 g/mol. The van der Waals surface area contributed by atoms with Crippen molar-refractivity contribution < 1.29 is 4.52 Å². The van der Waals surface area contributed by atoms with E-state index in [9.17, 15) is 4.79 Å². The number of rotatable bonds is 6. The van der Waals surface area contributed by atoms with Crippen molar-refractivity contribution in [3.05, 3.63) is 52.7 Å². The molecule has 4 heterocycles. The predicted octanol–water partition coefficient (Wildman–Crippen LogP) is 1.60. The summed E-state index contributed by atoms with van der Waals surface area (Å²) in [5, 5.41) is 12.7. The van der Waals surface area contributed by atoms with Crippen molar-refractivity contribution in [2.24, 2.45) is 5.92 Å². The maximum Gasteiger partial charge on any atom is 0.266 e. The highest BCUT2D eigenvalue weighted by Crippen LogP contribution is 2.40. The molecule has 0 atom stereocenters. The van der Waals surface area contributed by atoms with Crippen molar-refractivity contribution in [2.75, 3.05) is 13.1 Å². The van der Waals surface area contributed by atoms with Gasteiger partial charge in [-0.15, -0.1) is 5.10 Å². The number of nitrogens with zero attached hydrogens (tertiary/aromatic N) is 7. The second kappa shape index (κ2) is 7.31. The van der Waals surface area contributed by atoms with Crippen molar-refractivity contribution in [1.29, 1.82) is 0 Å². The van der Waals surface area contributed by atoms with Gasteiger partial charge in [0.25, 0.3) is 5.56 Å². The highest BCUT2D eigenvalue weighted by Gasteiger charge is 2.28. The SMILES string of the molecule is O=c1ccc(-n2cncn2)nn1CC1CCN(Cc2cc(C3CC3)on2)CC1. The molecule has 0 spiro atoms. The fourth-order valence-electron chi connectivity index (χ4n) is 3.78. The molecule has 9 nitrogen and oxygen atoms in total. The summed E-state index contributed by atoms with van der Waals surface area (Å²) in [6.07, 6.45) is 7.56. The van der Waals surface area contributed by atoms with Gasteiger partial charge in [0.15, 0.2) is 5.82 Å². The lowest BCUT2D eigenvalue weighted by Gasteiger charge is -2.31. The van der Waals surface area contributed by atoms with Gasteiger partial charge in [0.05, 0.1) is 5.69 Å². The van der Waals surface area contributed by atoms with Gasteiger partial charge < -0.3 is 4.52 Å². The van der Waals surface area contributed by atoms with Crippen LogP contribution in [0.25, 0.3) is 5.82 Å². The first kappa shape index (κ1) is 17.3. The van der Waals surface area contributed by atoms with Crippen LogP contribution in [0.5, 0.6) is 0 Å². The smallest absolute Gasteiger partial charge is 0.266 e. The topological polar surface area (TPSA) is 94.9 Å². The zero-order valence-corrected chi connectivity index (χ0v) is 15.6. The molecule has 0 N–H and O–H groups in total. The van der Waals surface area contributed by atoms with Crippen molar-refractivity contribution in [2.45, 2.75) is 44.7 Å². The number of likely N-dealkylation sites (tertiary alicyclic amines) is 1. The zero-order chi connectivity index (χ0) is 18.9. The van der Waals surface area contributed by atoms with Gasteiger partial charge in [-0.2, -0.15) is 5.10 Å². The third-order valence-corrected chi connectivity index (χ3v) is 5.59. The van der Waals surface area contributed by atoms with Crippen LogP contribution in [0.4, 0.5) is 0 Å². The normalized spacial score (nSPS) is 18.6. The van der Waals surface area contributed by atoms with E-state index in [1.54, 1.807) is 27.8 Å². The van der Waals surface area contributed by atoms with Crippen LogP contribution in [0.3, 0.4) is 0 Å². The fourth-order valence-corrected chi connectivity index (χ4v) is 3.78. The zero-order valence-electron chi connectivity index (χ0n) is 15.6. The van der Waals surface area contributed by atoms with E-state index in [0.29, 0.717) is 24.2 Å². The van der Waals surface area contributed by atoms with E-state index in [1.165, 1.54) is 19.2 Å². The van der Waals surface area contributed by atoms with Gasteiger partial charge in [-0.05, 0) is 50.8 Å². The van der Waals surface area contributed by atoms with Crippen LogP contribution in [0.15, 0.2) is 40.2 Å². The minimum Gasteiger partial charge on any atom is -0.361 e. The Bertz CT molecular complexity index is 982. The van der Waals surface area contributed by atoms with E-state index >= 15 is 0 Å².